The van der Waals surface area contributed by atoms with E-state index in [-0.39, 0.29) is 22.2 Å². The van der Waals surface area contributed by atoms with Gasteiger partial charge in [-0.15, -0.1) is 0 Å². The number of carbonyl (C=O) groups is 2. The van der Waals surface area contributed by atoms with Crippen molar-refractivity contribution in [3.63, 3.8) is 0 Å². The first kappa shape index (κ1) is 23.1. The lowest BCUT2D eigenvalue weighted by molar-refractivity contribution is -0.152. The number of aromatic amines is 1. The zero-order chi connectivity index (χ0) is 22.8. The molecule has 31 heavy (non-hydrogen) atoms. The first-order valence-electron chi connectivity index (χ1n) is 9.33. The Hall–Kier alpha value is -2.54. The summed E-state index contributed by atoms with van der Waals surface area (Å²) in [5, 5.41) is 7.38. The van der Waals surface area contributed by atoms with Gasteiger partial charge >= 0.3 is 5.97 Å². The second kappa shape index (κ2) is 9.30. The highest BCUT2D eigenvalue weighted by Gasteiger charge is 2.28. The highest BCUT2D eigenvalue weighted by Crippen LogP contribution is 2.32. The van der Waals surface area contributed by atoms with Crippen LogP contribution in [0.4, 0.5) is 5.69 Å². The summed E-state index contributed by atoms with van der Waals surface area (Å²) in [6.07, 6.45) is 1.69. The van der Waals surface area contributed by atoms with Gasteiger partial charge in [0.15, 0.2) is 0 Å². The van der Waals surface area contributed by atoms with Crippen molar-refractivity contribution in [3.8, 4) is 11.3 Å². The smallest absolute Gasteiger partial charge is 0.326 e. The zero-order valence-electron chi connectivity index (χ0n) is 17.1. The lowest BCUT2D eigenvalue weighted by Crippen LogP contribution is -2.39. The highest BCUT2D eigenvalue weighted by atomic mass is 35.5. The lowest BCUT2D eigenvalue weighted by atomic mass is 10.1. The third kappa shape index (κ3) is 5.79. The van der Waals surface area contributed by atoms with E-state index < -0.39 is 17.5 Å². The molecule has 0 aliphatic rings. The molecule has 1 heterocycles. The number of amides is 1. The van der Waals surface area contributed by atoms with Crippen molar-refractivity contribution < 1.29 is 14.3 Å². The molecule has 0 aliphatic carbocycles. The van der Waals surface area contributed by atoms with Crippen LogP contribution < -0.4 is 4.90 Å². The second-order valence-electron chi connectivity index (χ2n) is 7.73. The standard InChI is InChI=1S/C22H20Cl3N3O3/c1-22(2,3)31-19(29)12-28(21(30)20-16(24)10-14(23)11-17(20)25)15-6-4-5-13(9-15)18-7-8-26-27-18/h4-11H,12H2,1-3H3,(H,26,27). The Bertz CT molecular complexity index is 1090. The van der Waals surface area contributed by atoms with Crippen LogP contribution in [-0.2, 0) is 9.53 Å². The summed E-state index contributed by atoms with van der Waals surface area (Å²) in [5.41, 5.74) is 1.24. The predicted molar refractivity (Wildman–Crippen MR) is 123 cm³/mol. The van der Waals surface area contributed by atoms with Gasteiger partial charge in [0.1, 0.15) is 12.1 Å². The Labute approximate surface area is 195 Å². The number of nitrogens with one attached hydrogen (secondary N) is 1. The Morgan fingerprint density at radius 1 is 1.06 bits per heavy atom. The first-order chi connectivity index (χ1) is 14.5. The van der Waals surface area contributed by atoms with Gasteiger partial charge in [-0.1, -0.05) is 46.9 Å². The van der Waals surface area contributed by atoms with Crippen LogP contribution in [0.1, 0.15) is 31.1 Å². The van der Waals surface area contributed by atoms with E-state index in [1.54, 1.807) is 51.2 Å². The van der Waals surface area contributed by atoms with Gasteiger partial charge in [0.25, 0.3) is 5.91 Å². The molecular weight excluding hydrogens is 461 g/mol. The SMILES string of the molecule is CC(C)(C)OC(=O)CN(C(=O)c1c(Cl)cc(Cl)cc1Cl)c1cccc(-c2cc[nH]n2)c1. The molecule has 0 unspecified atom stereocenters. The minimum atomic E-state index is -0.710. The van der Waals surface area contributed by atoms with Crippen LogP contribution >= 0.6 is 34.8 Å². The van der Waals surface area contributed by atoms with Gasteiger partial charge in [-0.25, -0.2) is 0 Å². The van der Waals surface area contributed by atoms with Gasteiger partial charge in [0, 0.05) is 22.5 Å². The largest absolute Gasteiger partial charge is 0.459 e. The number of aromatic nitrogens is 2. The minimum absolute atomic E-state index is 0.0430. The fourth-order valence-corrected chi connectivity index (χ4v) is 3.90. The maximum Gasteiger partial charge on any atom is 0.326 e. The molecule has 9 heteroatoms. The number of hydrogen-bond donors (Lipinski definition) is 1. The van der Waals surface area contributed by atoms with Gasteiger partial charge in [-0.3, -0.25) is 19.6 Å². The molecule has 0 fully saturated rings. The average Bonchev–Trinajstić information content (AvgIpc) is 3.18. The first-order valence-corrected chi connectivity index (χ1v) is 10.5. The van der Waals surface area contributed by atoms with Crippen molar-refractivity contribution in [1.82, 2.24) is 10.2 Å². The van der Waals surface area contributed by atoms with Crippen molar-refractivity contribution in [1.29, 1.82) is 0 Å². The Balaban J connectivity index is 2.05. The Kier molecular flexibility index (Phi) is 6.94. The van der Waals surface area contributed by atoms with Gasteiger partial charge in [-0.05, 0) is 51.1 Å². The van der Waals surface area contributed by atoms with Crippen LogP contribution in [0, 0.1) is 0 Å². The topological polar surface area (TPSA) is 75.3 Å². The van der Waals surface area contributed by atoms with E-state index in [9.17, 15) is 9.59 Å². The number of hydrogen-bond acceptors (Lipinski definition) is 4. The maximum absolute atomic E-state index is 13.5. The molecule has 162 valence electrons. The molecule has 0 radical (unpaired) electrons. The van der Waals surface area contributed by atoms with Crippen molar-refractivity contribution in [2.45, 2.75) is 26.4 Å². The van der Waals surface area contributed by atoms with Crippen LogP contribution in [0.15, 0.2) is 48.7 Å². The van der Waals surface area contributed by atoms with Crippen LogP contribution in [0.2, 0.25) is 15.1 Å². The van der Waals surface area contributed by atoms with Crippen molar-refractivity contribution in [2.75, 3.05) is 11.4 Å². The molecule has 0 saturated carbocycles. The molecular formula is C22H20Cl3N3O3. The van der Waals surface area contributed by atoms with Gasteiger partial charge in [0.2, 0.25) is 0 Å². The van der Waals surface area contributed by atoms with Crippen LogP contribution in [-0.4, -0.2) is 34.2 Å². The summed E-state index contributed by atoms with van der Waals surface area (Å²) < 4.78 is 5.42. The highest BCUT2D eigenvalue weighted by molar-refractivity contribution is 6.42. The summed E-state index contributed by atoms with van der Waals surface area (Å²) in [5.74, 6) is -1.14. The monoisotopic (exact) mass is 479 g/mol. The molecule has 0 bridgehead atoms. The number of carbonyl (C=O) groups excluding carboxylic acids is 2. The van der Waals surface area contributed by atoms with Crippen LogP contribution in [0.3, 0.4) is 0 Å². The summed E-state index contributed by atoms with van der Waals surface area (Å²) in [6, 6.07) is 11.7. The van der Waals surface area contributed by atoms with E-state index in [1.165, 1.54) is 17.0 Å². The fourth-order valence-electron chi connectivity index (χ4n) is 2.92. The van der Waals surface area contributed by atoms with E-state index >= 15 is 0 Å². The van der Waals surface area contributed by atoms with Crippen LogP contribution in [0.5, 0.6) is 0 Å². The third-order valence-electron chi connectivity index (χ3n) is 4.13. The molecule has 0 atom stereocenters. The molecule has 0 spiro atoms. The van der Waals surface area contributed by atoms with Crippen LogP contribution in [0.25, 0.3) is 11.3 Å². The number of anilines is 1. The van der Waals surface area contributed by atoms with Gasteiger partial charge < -0.3 is 4.74 Å². The molecule has 3 aromatic rings. The molecule has 3 rings (SSSR count). The molecule has 6 nitrogen and oxygen atoms in total. The Morgan fingerprint density at radius 3 is 2.32 bits per heavy atom. The normalized spacial score (nSPS) is 11.3. The number of esters is 1. The molecule has 0 aliphatic heterocycles. The Morgan fingerprint density at radius 2 is 1.74 bits per heavy atom. The number of H-pyrrole nitrogens is 1. The lowest BCUT2D eigenvalue weighted by Gasteiger charge is -2.26. The van der Waals surface area contributed by atoms with Gasteiger partial charge in [0.05, 0.1) is 21.3 Å². The van der Waals surface area contributed by atoms with Crippen molar-refractivity contribution >= 4 is 52.4 Å². The van der Waals surface area contributed by atoms with E-state index in [1.807, 2.05) is 6.07 Å². The molecule has 1 N–H and O–H groups in total. The third-order valence-corrected chi connectivity index (χ3v) is 4.94. The van der Waals surface area contributed by atoms with E-state index in [2.05, 4.69) is 10.2 Å². The number of rotatable bonds is 5. The molecule has 1 amide bonds. The zero-order valence-corrected chi connectivity index (χ0v) is 19.3. The fraction of sp³-hybridized carbons (Fsp3) is 0.227. The molecule has 2 aromatic carbocycles. The van der Waals surface area contributed by atoms with Gasteiger partial charge in [-0.2, -0.15) is 5.10 Å². The van der Waals surface area contributed by atoms with Crippen molar-refractivity contribution in [3.05, 3.63) is 69.3 Å². The number of benzene rings is 2. The number of nitrogens with zero attached hydrogens (tertiary/aromatic N) is 2. The average molecular weight is 481 g/mol. The van der Waals surface area contributed by atoms with E-state index in [0.29, 0.717) is 16.4 Å². The molecule has 1 aromatic heterocycles. The van der Waals surface area contributed by atoms with Crippen molar-refractivity contribution in [2.24, 2.45) is 0 Å². The minimum Gasteiger partial charge on any atom is -0.459 e. The summed E-state index contributed by atoms with van der Waals surface area (Å²) in [6.45, 7) is 4.92. The van der Waals surface area contributed by atoms with E-state index in [4.69, 9.17) is 39.5 Å². The summed E-state index contributed by atoms with van der Waals surface area (Å²) >= 11 is 18.5. The number of halogens is 3. The summed E-state index contributed by atoms with van der Waals surface area (Å²) in [4.78, 5) is 27.3. The molecule has 0 saturated heterocycles. The predicted octanol–water partition coefficient (Wildman–Crippen LogP) is 6.03. The maximum atomic E-state index is 13.5. The van der Waals surface area contributed by atoms with E-state index in [0.717, 1.165) is 5.56 Å². The quantitative estimate of drug-likeness (QED) is 0.453. The summed E-state index contributed by atoms with van der Waals surface area (Å²) in [7, 11) is 0. The number of ether oxygens (including phenoxy) is 1. The second-order valence-corrected chi connectivity index (χ2v) is 8.98.